The van der Waals surface area contributed by atoms with Crippen LogP contribution in [0, 0.1) is 11.8 Å². The zero-order chi connectivity index (χ0) is 23.5. The smallest absolute Gasteiger partial charge is 0.240 e. The number of likely N-dealkylation sites (tertiary alicyclic amines) is 1. The number of nitrogens with zero attached hydrogens (tertiary/aromatic N) is 3. The van der Waals surface area contributed by atoms with E-state index < -0.39 is 10.0 Å². The Labute approximate surface area is 200 Å². The van der Waals surface area contributed by atoms with Gasteiger partial charge in [-0.25, -0.2) is 13.1 Å². The van der Waals surface area contributed by atoms with Crippen molar-refractivity contribution < 1.29 is 13.2 Å². The number of aromatic nitrogens is 1. The first-order valence-electron chi connectivity index (χ1n) is 11.9. The van der Waals surface area contributed by atoms with Crippen LogP contribution in [0.15, 0.2) is 71.9 Å². The average molecular weight is 479 g/mol. The summed E-state index contributed by atoms with van der Waals surface area (Å²) in [4.78, 5) is 21.7. The Morgan fingerprint density at radius 2 is 1.68 bits per heavy atom. The second-order valence-electron chi connectivity index (χ2n) is 9.27. The average Bonchev–Trinajstić information content (AvgIpc) is 3.37. The molecule has 1 atom stereocenters. The van der Waals surface area contributed by atoms with Gasteiger partial charge in [0.1, 0.15) is 0 Å². The van der Waals surface area contributed by atoms with Gasteiger partial charge in [0.05, 0.1) is 4.90 Å². The van der Waals surface area contributed by atoms with Crippen LogP contribution in [0.1, 0.15) is 19.3 Å². The van der Waals surface area contributed by atoms with Gasteiger partial charge in [0.15, 0.2) is 0 Å². The molecule has 178 valence electrons. The molecule has 2 aromatic carbocycles. The quantitative estimate of drug-likeness (QED) is 0.588. The van der Waals surface area contributed by atoms with Gasteiger partial charge < -0.3 is 9.80 Å². The summed E-state index contributed by atoms with van der Waals surface area (Å²) in [7, 11) is -3.59. The molecule has 1 aromatic heterocycles. The fourth-order valence-electron chi connectivity index (χ4n) is 5.04. The maximum Gasteiger partial charge on any atom is 0.240 e. The lowest BCUT2D eigenvalue weighted by Gasteiger charge is -2.34. The van der Waals surface area contributed by atoms with Crippen molar-refractivity contribution in [1.82, 2.24) is 14.6 Å². The van der Waals surface area contributed by atoms with E-state index >= 15 is 0 Å². The maximum absolute atomic E-state index is 13.1. The molecule has 0 radical (unpaired) electrons. The van der Waals surface area contributed by atoms with Crippen LogP contribution >= 0.6 is 0 Å². The second-order valence-corrected chi connectivity index (χ2v) is 11.0. The summed E-state index contributed by atoms with van der Waals surface area (Å²) in [5, 5.41) is 1.91. The molecule has 2 aliphatic rings. The van der Waals surface area contributed by atoms with Crippen LogP contribution in [0.2, 0.25) is 0 Å². The molecule has 3 aromatic rings. The van der Waals surface area contributed by atoms with Gasteiger partial charge in [0, 0.05) is 56.7 Å². The number of anilines is 1. The van der Waals surface area contributed by atoms with Crippen molar-refractivity contribution in [2.75, 3.05) is 37.6 Å². The zero-order valence-electron chi connectivity index (χ0n) is 19.1. The Morgan fingerprint density at radius 3 is 2.44 bits per heavy atom. The molecule has 2 aliphatic heterocycles. The summed E-state index contributed by atoms with van der Waals surface area (Å²) in [5.41, 5.74) is 1.15. The van der Waals surface area contributed by atoms with E-state index in [2.05, 4.69) is 14.6 Å². The number of rotatable bonds is 6. The molecular formula is C26H30N4O3S. The van der Waals surface area contributed by atoms with Crippen LogP contribution in [0.3, 0.4) is 0 Å². The number of amides is 1. The molecule has 8 heteroatoms. The summed E-state index contributed by atoms with van der Waals surface area (Å²) >= 11 is 0. The van der Waals surface area contributed by atoms with Gasteiger partial charge in [0.25, 0.3) is 0 Å². The van der Waals surface area contributed by atoms with Crippen LogP contribution < -0.4 is 9.62 Å². The van der Waals surface area contributed by atoms with Crippen molar-refractivity contribution in [2.24, 2.45) is 11.8 Å². The van der Waals surface area contributed by atoms with Crippen LogP contribution in [0.4, 0.5) is 5.69 Å². The van der Waals surface area contributed by atoms with Gasteiger partial charge >= 0.3 is 0 Å². The fraction of sp³-hybridized carbons (Fsp3) is 0.385. The SMILES string of the molecule is O=C(C1CCN(c2ccncc2)CC1)N1CCC(CNS(=O)(=O)c2ccc3ccccc3c2)C1. The lowest BCUT2D eigenvalue weighted by molar-refractivity contribution is -0.135. The molecule has 1 amide bonds. The van der Waals surface area contributed by atoms with Crippen LogP contribution in [-0.2, 0) is 14.8 Å². The number of nitrogens with one attached hydrogen (secondary N) is 1. The van der Waals surface area contributed by atoms with Crippen molar-refractivity contribution in [3.8, 4) is 0 Å². The Bertz CT molecular complexity index is 1260. The first-order chi connectivity index (χ1) is 16.5. The summed E-state index contributed by atoms with van der Waals surface area (Å²) in [6.45, 7) is 3.39. The number of carbonyl (C=O) groups is 1. The minimum Gasteiger partial charge on any atom is -0.371 e. The van der Waals surface area contributed by atoms with Crippen molar-refractivity contribution in [3.05, 3.63) is 67.0 Å². The summed E-state index contributed by atoms with van der Waals surface area (Å²) in [5.74, 6) is 0.400. The summed E-state index contributed by atoms with van der Waals surface area (Å²) in [6, 6.07) is 16.9. The first kappa shape index (κ1) is 22.8. The molecule has 2 saturated heterocycles. The van der Waals surface area contributed by atoms with Gasteiger partial charge in [-0.15, -0.1) is 0 Å². The number of pyridine rings is 1. The number of carbonyl (C=O) groups excluding carboxylic acids is 1. The molecule has 0 saturated carbocycles. The van der Waals surface area contributed by atoms with Crippen LogP contribution in [-0.4, -0.2) is 56.9 Å². The highest BCUT2D eigenvalue weighted by Crippen LogP contribution is 2.27. The molecule has 0 aliphatic carbocycles. The standard InChI is InChI=1S/C26H30N4O3S/c31-26(22-10-15-29(16-11-22)24-7-12-27-13-8-24)30-14-9-20(19-30)18-28-34(32,33)25-6-5-21-3-1-2-4-23(21)17-25/h1-8,12-13,17,20,22,28H,9-11,14-16,18-19H2. The van der Waals surface area contributed by atoms with Crippen molar-refractivity contribution in [3.63, 3.8) is 0 Å². The largest absolute Gasteiger partial charge is 0.371 e. The molecule has 1 N–H and O–H groups in total. The van der Waals surface area contributed by atoms with Gasteiger partial charge in [-0.05, 0) is 60.2 Å². The third-order valence-corrected chi connectivity index (χ3v) is 8.48. The highest BCUT2D eigenvalue weighted by molar-refractivity contribution is 7.89. The van der Waals surface area contributed by atoms with E-state index in [1.165, 1.54) is 0 Å². The van der Waals surface area contributed by atoms with Gasteiger partial charge in [-0.3, -0.25) is 9.78 Å². The maximum atomic E-state index is 13.1. The lowest BCUT2D eigenvalue weighted by atomic mass is 9.95. The van der Waals surface area contributed by atoms with Crippen molar-refractivity contribution in [1.29, 1.82) is 0 Å². The second kappa shape index (κ2) is 9.72. The monoisotopic (exact) mass is 478 g/mol. The van der Waals surface area contributed by atoms with E-state index in [-0.39, 0.29) is 22.6 Å². The molecule has 0 bridgehead atoms. The predicted octanol–water partition coefficient (Wildman–Crippen LogP) is 3.28. The third kappa shape index (κ3) is 4.93. The summed E-state index contributed by atoms with van der Waals surface area (Å²) < 4.78 is 28.5. The molecule has 1 unspecified atom stereocenters. The predicted molar refractivity (Wildman–Crippen MR) is 133 cm³/mol. The topological polar surface area (TPSA) is 82.6 Å². The van der Waals surface area contributed by atoms with E-state index in [4.69, 9.17) is 0 Å². The van der Waals surface area contributed by atoms with Gasteiger partial charge in [-0.2, -0.15) is 0 Å². The van der Waals surface area contributed by atoms with E-state index in [1.54, 1.807) is 24.5 Å². The lowest BCUT2D eigenvalue weighted by Crippen LogP contribution is -2.42. The molecule has 2 fully saturated rings. The number of hydrogen-bond donors (Lipinski definition) is 1. The first-order valence-corrected chi connectivity index (χ1v) is 13.4. The van der Waals surface area contributed by atoms with E-state index in [0.29, 0.717) is 19.6 Å². The number of fused-ring (bicyclic) bond motifs is 1. The molecular weight excluding hydrogens is 448 g/mol. The van der Waals surface area contributed by atoms with E-state index in [1.807, 2.05) is 47.4 Å². The Hall–Kier alpha value is -2.97. The van der Waals surface area contributed by atoms with Crippen molar-refractivity contribution >= 4 is 32.4 Å². The van der Waals surface area contributed by atoms with Crippen LogP contribution in [0.5, 0.6) is 0 Å². The number of sulfonamides is 1. The zero-order valence-corrected chi connectivity index (χ0v) is 20.0. The normalized spacial score (nSPS) is 19.6. The van der Waals surface area contributed by atoms with E-state index in [0.717, 1.165) is 48.8 Å². The number of hydrogen-bond acceptors (Lipinski definition) is 5. The Balaban J connectivity index is 1.13. The minimum atomic E-state index is -3.59. The van der Waals surface area contributed by atoms with E-state index in [9.17, 15) is 13.2 Å². The third-order valence-electron chi connectivity index (χ3n) is 7.06. The van der Waals surface area contributed by atoms with Crippen molar-refractivity contribution in [2.45, 2.75) is 24.2 Å². The fourth-order valence-corrected chi connectivity index (χ4v) is 6.19. The summed E-state index contributed by atoms with van der Waals surface area (Å²) in [6.07, 6.45) is 6.10. The van der Waals surface area contributed by atoms with Gasteiger partial charge in [-0.1, -0.05) is 30.3 Å². The Kier molecular flexibility index (Phi) is 6.52. The van der Waals surface area contributed by atoms with Crippen LogP contribution in [0.25, 0.3) is 10.8 Å². The Morgan fingerprint density at radius 1 is 0.941 bits per heavy atom. The highest BCUT2D eigenvalue weighted by atomic mass is 32.2. The highest BCUT2D eigenvalue weighted by Gasteiger charge is 2.33. The minimum absolute atomic E-state index is 0.0473. The number of piperidine rings is 1. The molecule has 5 rings (SSSR count). The molecule has 3 heterocycles. The number of benzene rings is 2. The molecule has 7 nitrogen and oxygen atoms in total. The van der Waals surface area contributed by atoms with Gasteiger partial charge in [0.2, 0.25) is 15.9 Å². The molecule has 0 spiro atoms. The molecule has 34 heavy (non-hydrogen) atoms.